The number of benzene rings is 1. The monoisotopic (exact) mass is 414 g/mol. The van der Waals surface area contributed by atoms with E-state index < -0.39 is 17.3 Å². The summed E-state index contributed by atoms with van der Waals surface area (Å²) in [5.41, 5.74) is -1.14. The van der Waals surface area contributed by atoms with Gasteiger partial charge in [0.05, 0.1) is 23.1 Å². The van der Waals surface area contributed by atoms with Crippen LogP contribution in [0.15, 0.2) is 35.3 Å². The summed E-state index contributed by atoms with van der Waals surface area (Å²) in [5, 5.41) is 6.99. The summed E-state index contributed by atoms with van der Waals surface area (Å²) in [6.07, 6.45) is -0.719. The predicted octanol–water partition coefficient (Wildman–Crippen LogP) is 4.05. The summed E-state index contributed by atoms with van der Waals surface area (Å²) in [6.45, 7) is 5.74. The second kappa shape index (κ2) is 8.53. The van der Waals surface area contributed by atoms with Gasteiger partial charge >= 0.3 is 6.18 Å². The Morgan fingerprint density at radius 1 is 1.36 bits per heavy atom. The number of rotatable bonds is 5. The van der Waals surface area contributed by atoms with Crippen molar-refractivity contribution < 1.29 is 13.2 Å². The Morgan fingerprint density at radius 3 is 2.86 bits per heavy atom. The fourth-order valence-corrected chi connectivity index (χ4v) is 3.59. The maximum absolute atomic E-state index is 12.9. The minimum atomic E-state index is -4.50. The highest BCUT2D eigenvalue weighted by atomic mass is 35.5. The molecule has 1 atom stereocenters. The van der Waals surface area contributed by atoms with Crippen molar-refractivity contribution in [3.63, 3.8) is 0 Å². The van der Waals surface area contributed by atoms with Crippen molar-refractivity contribution in [2.75, 3.05) is 31.5 Å². The molecule has 0 amide bonds. The van der Waals surface area contributed by atoms with Crippen LogP contribution in [0, 0.1) is 5.92 Å². The van der Waals surface area contributed by atoms with Gasteiger partial charge in [-0.2, -0.15) is 23.0 Å². The Morgan fingerprint density at radius 2 is 2.14 bits per heavy atom. The van der Waals surface area contributed by atoms with E-state index in [9.17, 15) is 18.0 Å². The van der Waals surface area contributed by atoms with Crippen LogP contribution >= 0.6 is 11.6 Å². The van der Waals surface area contributed by atoms with Crippen molar-refractivity contribution in [2.45, 2.75) is 25.9 Å². The minimum absolute atomic E-state index is 0.00980. The molecular weight excluding hydrogens is 393 g/mol. The van der Waals surface area contributed by atoms with E-state index in [1.54, 1.807) is 0 Å². The highest BCUT2D eigenvalue weighted by molar-refractivity contribution is 6.32. The summed E-state index contributed by atoms with van der Waals surface area (Å²) in [6, 6.07) is 4.42. The molecule has 0 spiro atoms. The molecule has 2 aromatic rings. The van der Waals surface area contributed by atoms with E-state index in [0.717, 1.165) is 36.4 Å². The number of anilines is 1. The number of nitrogens with zero attached hydrogens (tertiary/aromatic N) is 3. The molecule has 1 aromatic carbocycles. The van der Waals surface area contributed by atoms with Crippen molar-refractivity contribution in [1.29, 1.82) is 0 Å². The van der Waals surface area contributed by atoms with Gasteiger partial charge in [0.25, 0.3) is 5.56 Å². The van der Waals surface area contributed by atoms with Crippen LogP contribution in [0.25, 0.3) is 5.69 Å². The van der Waals surface area contributed by atoms with Gasteiger partial charge in [-0.15, -0.1) is 0 Å². The van der Waals surface area contributed by atoms with Crippen molar-refractivity contribution in [1.82, 2.24) is 14.7 Å². The van der Waals surface area contributed by atoms with Crippen molar-refractivity contribution in [2.24, 2.45) is 5.92 Å². The summed E-state index contributed by atoms with van der Waals surface area (Å²) < 4.78 is 39.6. The minimum Gasteiger partial charge on any atom is -0.381 e. The van der Waals surface area contributed by atoms with Gasteiger partial charge in [0, 0.05) is 19.6 Å². The van der Waals surface area contributed by atoms with Crippen LogP contribution in [-0.2, 0) is 6.18 Å². The quantitative estimate of drug-likeness (QED) is 0.802. The van der Waals surface area contributed by atoms with Crippen LogP contribution in [-0.4, -0.2) is 40.9 Å². The van der Waals surface area contributed by atoms with E-state index >= 15 is 0 Å². The molecule has 2 heterocycles. The number of likely N-dealkylation sites (tertiary alicyclic amines) is 1. The van der Waals surface area contributed by atoms with Gasteiger partial charge in [-0.05, 0) is 43.5 Å². The lowest BCUT2D eigenvalue weighted by Crippen LogP contribution is -2.37. The third-order valence-electron chi connectivity index (χ3n) is 4.82. The predicted molar refractivity (Wildman–Crippen MR) is 103 cm³/mol. The maximum atomic E-state index is 12.9. The number of hydrogen-bond acceptors (Lipinski definition) is 4. The van der Waals surface area contributed by atoms with Crippen LogP contribution in [0.2, 0.25) is 5.02 Å². The molecule has 0 radical (unpaired) electrons. The number of nitrogens with one attached hydrogen (secondary N) is 1. The first-order chi connectivity index (χ1) is 13.3. The summed E-state index contributed by atoms with van der Waals surface area (Å²) in [5.74, 6) is 0.676. The van der Waals surface area contributed by atoms with E-state index in [1.807, 2.05) is 0 Å². The lowest BCUT2D eigenvalue weighted by molar-refractivity contribution is -0.137. The normalized spacial score (nSPS) is 18.2. The molecule has 1 saturated heterocycles. The Hall–Kier alpha value is -2.06. The Kier molecular flexibility index (Phi) is 6.30. The van der Waals surface area contributed by atoms with Gasteiger partial charge in [-0.1, -0.05) is 24.6 Å². The first-order valence-electron chi connectivity index (χ1n) is 9.17. The van der Waals surface area contributed by atoms with Gasteiger partial charge in [0.15, 0.2) is 0 Å². The molecule has 1 aliphatic rings. The molecule has 1 unspecified atom stereocenters. The molecule has 0 aliphatic carbocycles. The SMILES string of the molecule is CC1CCCN(CCNc2cnn(-c3cccc(C(F)(F)F)c3)c(=O)c2Cl)C1. The van der Waals surface area contributed by atoms with E-state index in [0.29, 0.717) is 18.2 Å². The average molecular weight is 415 g/mol. The van der Waals surface area contributed by atoms with E-state index in [4.69, 9.17) is 11.6 Å². The largest absolute Gasteiger partial charge is 0.416 e. The molecule has 3 rings (SSSR count). The highest BCUT2D eigenvalue weighted by Crippen LogP contribution is 2.30. The van der Waals surface area contributed by atoms with Crippen molar-refractivity contribution in [3.8, 4) is 5.69 Å². The lowest BCUT2D eigenvalue weighted by Gasteiger charge is -2.30. The van der Waals surface area contributed by atoms with Crippen molar-refractivity contribution in [3.05, 3.63) is 51.4 Å². The van der Waals surface area contributed by atoms with Gasteiger partial charge in [-0.3, -0.25) is 4.79 Å². The standard InChI is InChI=1S/C19H22ClF3N4O/c1-13-4-3-8-26(12-13)9-7-24-16-11-25-27(18(28)17(16)20)15-6-2-5-14(10-15)19(21,22)23/h2,5-6,10-11,13,24H,3-4,7-9,12H2,1H3. The van der Waals surface area contributed by atoms with Gasteiger partial charge in [0.2, 0.25) is 0 Å². The molecule has 1 fully saturated rings. The highest BCUT2D eigenvalue weighted by Gasteiger charge is 2.30. The zero-order valence-electron chi connectivity index (χ0n) is 15.5. The third kappa shape index (κ3) is 4.86. The van der Waals surface area contributed by atoms with Gasteiger partial charge in [-0.25, -0.2) is 0 Å². The third-order valence-corrected chi connectivity index (χ3v) is 5.19. The number of hydrogen-bond donors (Lipinski definition) is 1. The molecule has 28 heavy (non-hydrogen) atoms. The number of alkyl halides is 3. The van der Waals surface area contributed by atoms with Crippen LogP contribution in [0.3, 0.4) is 0 Å². The van der Waals surface area contributed by atoms with Crippen LogP contribution in [0.4, 0.5) is 18.9 Å². The maximum Gasteiger partial charge on any atom is 0.416 e. The molecule has 1 aromatic heterocycles. The second-order valence-electron chi connectivity index (χ2n) is 7.11. The van der Waals surface area contributed by atoms with E-state index in [-0.39, 0.29) is 10.7 Å². The van der Waals surface area contributed by atoms with Crippen molar-refractivity contribution >= 4 is 17.3 Å². The van der Waals surface area contributed by atoms with Gasteiger partial charge in [0.1, 0.15) is 5.02 Å². The Bertz CT molecular complexity index is 884. The Labute approximate surface area is 166 Å². The zero-order chi connectivity index (χ0) is 20.3. The number of halogens is 4. The first-order valence-corrected chi connectivity index (χ1v) is 9.55. The molecule has 0 saturated carbocycles. The zero-order valence-corrected chi connectivity index (χ0v) is 16.2. The average Bonchev–Trinajstić information content (AvgIpc) is 2.65. The second-order valence-corrected chi connectivity index (χ2v) is 7.49. The van der Waals surface area contributed by atoms with Crippen LogP contribution in [0.5, 0.6) is 0 Å². The number of piperidine rings is 1. The first kappa shape index (κ1) is 20.7. The molecule has 5 nitrogen and oxygen atoms in total. The number of aromatic nitrogens is 2. The molecule has 1 N–H and O–H groups in total. The Balaban J connectivity index is 1.72. The van der Waals surface area contributed by atoms with E-state index in [1.165, 1.54) is 31.2 Å². The molecular formula is C19H22ClF3N4O. The summed E-state index contributed by atoms with van der Waals surface area (Å²) in [7, 11) is 0. The fraction of sp³-hybridized carbons (Fsp3) is 0.474. The van der Waals surface area contributed by atoms with E-state index in [2.05, 4.69) is 22.2 Å². The smallest absolute Gasteiger partial charge is 0.381 e. The fourth-order valence-electron chi connectivity index (χ4n) is 3.39. The summed E-state index contributed by atoms with van der Waals surface area (Å²) in [4.78, 5) is 14.8. The lowest BCUT2D eigenvalue weighted by atomic mass is 10.0. The molecule has 0 bridgehead atoms. The topological polar surface area (TPSA) is 50.2 Å². The molecule has 9 heteroatoms. The molecule has 1 aliphatic heterocycles. The summed E-state index contributed by atoms with van der Waals surface area (Å²) >= 11 is 6.15. The van der Waals surface area contributed by atoms with Crippen LogP contribution in [0.1, 0.15) is 25.3 Å². The molecule has 152 valence electrons. The van der Waals surface area contributed by atoms with Gasteiger partial charge < -0.3 is 10.2 Å². The van der Waals surface area contributed by atoms with Crippen LogP contribution < -0.4 is 10.9 Å².